The lowest BCUT2D eigenvalue weighted by Gasteiger charge is -2.41. The molecule has 3 aromatic carbocycles. The lowest BCUT2D eigenvalue weighted by atomic mass is 9.83. The van der Waals surface area contributed by atoms with Gasteiger partial charge in [-0.1, -0.05) is 50.2 Å². The van der Waals surface area contributed by atoms with Gasteiger partial charge >= 0.3 is 0 Å². The van der Waals surface area contributed by atoms with Gasteiger partial charge in [0.15, 0.2) is 0 Å². The summed E-state index contributed by atoms with van der Waals surface area (Å²) in [5.74, 6) is -0.235. The van der Waals surface area contributed by atoms with Crippen LogP contribution < -0.4 is 14.4 Å². The molecule has 0 radical (unpaired) electrons. The van der Waals surface area contributed by atoms with Gasteiger partial charge < -0.3 is 10.1 Å². The number of para-hydroxylation sites is 1. The Bertz CT molecular complexity index is 1280. The number of hydrogen-bond donors (Lipinski definition) is 1. The first-order valence-corrected chi connectivity index (χ1v) is 13.1. The van der Waals surface area contributed by atoms with Gasteiger partial charge in [0.2, 0.25) is 5.91 Å². The molecule has 0 spiro atoms. The van der Waals surface area contributed by atoms with Crippen molar-refractivity contribution < 1.29 is 22.3 Å². The molecule has 0 unspecified atom stereocenters. The highest BCUT2D eigenvalue weighted by Crippen LogP contribution is 2.42. The fourth-order valence-electron chi connectivity index (χ4n) is 4.44. The third kappa shape index (κ3) is 5.17. The van der Waals surface area contributed by atoms with Crippen LogP contribution in [0.25, 0.3) is 0 Å². The predicted octanol–water partition coefficient (Wildman–Crippen LogP) is 5.22. The van der Waals surface area contributed by atoms with Crippen LogP contribution in [-0.4, -0.2) is 26.5 Å². The van der Waals surface area contributed by atoms with E-state index in [1.165, 1.54) is 36.4 Å². The quantitative estimate of drug-likeness (QED) is 0.464. The standard InChI is InChI=1S/C27H29FN2O4S/c1-3-27(4-2)18-24(23-12-8-9-13-25(23)34-27)29-26(31)19-30(21-16-14-20(28)15-17-21)35(32,33)22-10-6-5-7-11-22/h5-17,24H,3-4,18-19H2,1-2H3,(H,29,31)/t24-/m1/s1. The van der Waals surface area contributed by atoms with Crippen LogP contribution in [-0.2, 0) is 14.8 Å². The van der Waals surface area contributed by atoms with Gasteiger partial charge in [0.05, 0.1) is 16.6 Å². The van der Waals surface area contributed by atoms with E-state index in [0.717, 1.165) is 28.5 Å². The SMILES string of the molecule is CCC1(CC)C[C@@H](NC(=O)CN(c2ccc(F)cc2)S(=O)(=O)c2ccccc2)c2ccccc2O1. The van der Waals surface area contributed by atoms with E-state index < -0.39 is 33.9 Å². The van der Waals surface area contributed by atoms with Crippen molar-refractivity contribution in [1.82, 2.24) is 5.32 Å². The molecule has 3 aromatic rings. The average Bonchev–Trinajstić information content (AvgIpc) is 2.88. The van der Waals surface area contributed by atoms with Gasteiger partial charge in [0.25, 0.3) is 10.0 Å². The number of sulfonamides is 1. The molecule has 1 atom stereocenters. The minimum Gasteiger partial charge on any atom is -0.487 e. The maximum atomic E-state index is 13.6. The number of rotatable bonds is 8. The van der Waals surface area contributed by atoms with Gasteiger partial charge in [0, 0.05) is 12.0 Å². The van der Waals surface area contributed by atoms with Gasteiger partial charge in [-0.2, -0.15) is 0 Å². The van der Waals surface area contributed by atoms with E-state index in [4.69, 9.17) is 4.74 Å². The van der Waals surface area contributed by atoms with Crippen LogP contribution in [0.4, 0.5) is 10.1 Å². The molecular weight excluding hydrogens is 467 g/mol. The van der Waals surface area contributed by atoms with Crippen LogP contribution in [0.3, 0.4) is 0 Å². The second kappa shape index (κ2) is 10.1. The van der Waals surface area contributed by atoms with Crippen LogP contribution in [0, 0.1) is 5.82 Å². The summed E-state index contributed by atoms with van der Waals surface area (Å²) in [6.45, 7) is 3.66. The smallest absolute Gasteiger partial charge is 0.264 e. The summed E-state index contributed by atoms with van der Waals surface area (Å²) in [6.07, 6.45) is 2.12. The molecule has 6 nitrogen and oxygen atoms in total. The topological polar surface area (TPSA) is 75.7 Å². The summed E-state index contributed by atoms with van der Waals surface area (Å²) in [6, 6.07) is 20.2. The van der Waals surface area contributed by atoms with Crippen LogP contribution in [0.15, 0.2) is 83.8 Å². The van der Waals surface area contributed by atoms with E-state index in [2.05, 4.69) is 19.2 Å². The Hall–Kier alpha value is -3.39. The predicted molar refractivity (Wildman–Crippen MR) is 133 cm³/mol. The third-order valence-corrected chi connectivity index (χ3v) is 8.34. The molecule has 1 aliphatic heterocycles. The number of nitrogens with one attached hydrogen (secondary N) is 1. The van der Waals surface area contributed by atoms with Crippen molar-refractivity contribution in [3.63, 3.8) is 0 Å². The van der Waals surface area contributed by atoms with Crippen molar-refractivity contribution in [2.45, 2.75) is 49.6 Å². The van der Waals surface area contributed by atoms with Gasteiger partial charge in [-0.15, -0.1) is 0 Å². The van der Waals surface area contributed by atoms with Crippen molar-refractivity contribution in [3.05, 3.63) is 90.2 Å². The molecule has 8 heteroatoms. The Kier molecular flexibility index (Phi) is 7.12. The molecule has 0 aromatic heterocycles. The first-order valence-electron chi connectivity index (χ1n) is 11.7. The van der Waals surface area contributed by atoms with Crippen molar-refractivity contribution in [2.75, 3.05) is 10.8 Å². The highest BCUT2D eigenvalue weighted by atomic mass is 32.2. The zero-order valence-corrected chi connectivity index (χ0v) is 20.6. The van der Waals surface area contributed by atoms with Gasteiger partial charge in [-0.05, 0) is 55.3 Å². The normalized spacial score (nSPS) is 16.6. The number of hydrogen-bond acceptors (Lipinski definition) is 4. The van der Waals surface area contributed by atoms with E-state index in [-0.39, 0.29) is 16.6 Å². The number of carbonyl (C=O) groups is 1. The molecule has 0 bridgehead atoms. The largest absolute Gasteiger partial charge is 0.487 e. The summed E-state index contributed by atoms with van der Waals surface area (Å²) >= 11 is 0. The molecule has 1 aliphatic rings. The highest BCUT2D eigenvalue weighted by Gasteiger charge is 2.39. The Morgan fingerprint density at radius 3 is 2.29 bits per heavy atom. The van der Waals surface area contributed by atoms with Crippen molar-refractivity contribution in [1.29, 1.82) is 0 Å². The average molecular weight is 497 g/mol. The molecule has 35 heavy (non-hydrogen) atoms. The van der Waals surface area contributed by atoms with Crippen molar-refractivity contribution in [2.24, 2.45) is 0 Å². The molecule has 0 fully saturated rings. The molecule has 4 rings (SSSR count). The third-order valence-electron chi connectivity index (χ3n) is 6.55. The number of ether oxygens (including phenoxy) is 1. The number of nitrogens with zero attached hydrogens (tertiary/aromatic N) is 1. The summed E-state index contributed by atoms with van der Waals surface area (Å²) in [5.41, 5.74) is 0.644. The summed E-state index contributed by atoms with van der Waals surface area (Å²) in [7, 11) is -4.07. The molecular formula is C27H29FN2O4S. The first kappa shape index (κ1) is 24.7. The molecule has 1 amide bonds. The minimum absolute atomic E-state index is 0.0459. The Labute approximate surface area is 205 Å². The van der Waals surface area contributed by atoms with E-state index in [0.29, 0.717) is 6.42 Å². The molecule has 0 saturated carbocycles. The maximum Gasteiger partial charge on any atom is 0.264 e. The van der Waals surface area contributed by atoms with Gasteiger partial charge in [-0.3, -0.25) is 9.10 Å². The van der Waals surface area contributed by atoms with Crippen molar-refractivity contribution >= 4 is 21.6 Å². The zero-order valence-electron chi connectivity index (χ0n) is 19.8. The molecule has 1 N–H and O–H groups in total. The molecule has 1 heterocycles. The fourth-order valence-corrected chi connectivity index (χ4v) is 5.88. The van der Waals surface area contributed by atoms with E-state index >= 15 is 0 Å². The molecule has 0 aliphatic carbocycles. The lowest BCUT2D eigenvalue weighted by molar-refractivity contribution is -0.121. The Balaban J connectivity index is 1.64. The second-order valence-corrected chi connectivity index (χ2v) is 10.5. The monoisotopic (exact) mass is 496 g/mol. The van der Waals surface area contributed by atoms with E-state index in [1.54, 1.807) is 18.2 Å². The van der Waals surface area contributed by atoms with Crippen LogP contribution in [0.1, 0.15) is 44.7 Å². The summed E-state index contributed by atoms with van der Waals surface area (Å²) in [4.78, 5) is 13.4. The van der Waals surface area contributed by atoms with Crippen molar-refractivity contribution in [3.8, 4) is 5.75 Å². The van der Waals surface area contributed by atoms with Gasteiger partial charge in [-0.25, -0.2) is 12.8 Å². The minimum atomic E-state index is -4.07. The summed E-state index contributed by atoms with van der Waals surface area (Å²) in [5, 5.41) is 3.03. The zero-order chi connectivity index (χ0) is 25.1. The van der Waals surface area contributed by atoms with Gasteiger partial charge in [0.1, 0.15) is 23.7 Å². The van der Waals surface area contributed by atoms with Crippen LogP contribution >= 0.6 is 0 Å². The molecule has 184 valence electrons. The number of benzene rings is 3. The number of fused-ring (bicyclic) bond motifs is 1. The highest BCUT2D eigenvalue weighted by molar-refractivity contribution is 7.92. The van der Waals surface area contributed by atoms with E-state index in [1.807, 2.05) is 24.3 Å². The fraction of sp³-hybridized carbons (Fsp3) is 0.296. The number of halogens is 1. The number of anilines is 1. The Morgan fingerprint density at radius 2 is 1.63 bits per heavy atom. The molecule has 0 saturated heterocycles. The lowest BCUT2D eigenvalue weighted by Crippen LogP contribution is -2.47. The Morgan fingerprint density at radius 1 is 1.00 bits per heavy atom. The van der Waals surface area contributed by atoms with E-state index in [9.17, 15) is 17.6 Å². The van der Waals surface area contributed by atoms with Crippen LogP contribution in [0.2, 0.25) is 0 Å². The first-order chi connectivity index (χ1) is 16.8. The number of carbonyl (C=O) groups excluding carboxylic acids is 1. The second-order valence-electron chi connectivity index (χ2n) is 8.66. The number of amides is 1. The van der Waals surface area contributed by atoms with Crippen LogP contribution in [0.5, 0.6) is 5.75 Å². The summed E-state index contributed by atoms with van der Waals surface area (Å²) < 4.78 is 47.8. The maximum absolute atomic E-state index is 13.6.